The zero-order valence-corrected chi connectivity index (χ0v) is 19.4. The van der Waals surface area contributed by atoms with Crippen LogP contribution in [0.15, 0.2) is 54.6 Å². The summed E-state index contributed by atoms with van der Waals surface area (Å²) in [6, 6.07) is 14.8. The van der Waals surface area contributed by atoms with Crippen molar-refractivity contribution in [3.8, 4) is 5.75 Å². The molecule has 0 radical (unpaired) electrons. The lowest BCUT2D eigenvalue weighted by molar-refractivity contribution is -0.121. The summed E-state index contributed by atoms with van der Waals surface area (Å²) in [7, 11) is 1.54. The molecule has 0 saturated heterocycles. The van der Waals surface area contributed by atoms with E-state index in [2.05, 4.69) is 0 Å². The number of carbonyl (C=O) groups is 2. The van der Waals surface area contributed by atoms with Gasteiger partial charge in [0.1, 0.15) is 11.2 Å². The highest BCUT2D eigenvalue weighted by Gasteiger charge is 2.50. The number of halogens is 3. The fraction of sp³-hybridized carbons (Fsp3) is 0.167. The largest absolute Gasteiger partial charge is 0.496 e. The summed E-state index contributed by atoms with van der Waals surface area (Å²) >= 11 is 18.9. The minimum absolute atomic E-state index is 0.0415. The monoisotopic (exact) mass is 489 g/mol. The molecule has 1 amide bonds. The number of fused-ring (bicyclic) bond motifs is 1. The van der Waals surface area contributed by atoms with Crippen molar-refractivity contribution in [3.05, 3.63) is 91.9 Å². The topological polar surface area (TPSA) is 66.8 Å². The molecule has 5 nitrogen and oxygen atoms in total. The quantitative estimate of drug-likeness (QED) is 0.462. The van der Waals surface area contributed by atoms with Crippen LogP contribution in [0.5, 0.6) is 5.75 Å². The second-order valence-electron chi connectivity index (χ2n) is 7.63. The second kappa shape index (κ2) is 8.32. The van der Waals surface area contributed by atoms with Gasteiger partial charge in [0.25, 0.3) is 0 Å². The van der Waals surface area contributed by atoms with Crippen LogP contribution in [0.3, 0.4) is 0 Å². The average molecular weight is 491 g/mol. The molecular formula is C24H18Cl3NO4. The zero-order valence-electron chi connectivity index (χ0n) is 17.2. The van der Waals surface area contributed by atoms with Crippen LogP contribution in [0, 0.1) is 0 Å². The Balaban J connectivity index is 1.89. The van der Waals surface area contributed by atoms with Gasteiger partial charge in [0.05, 0.1) is 19.2 Å². The Morgan fingerprint density at radius 3 is 2.38 bits per heavy atom. The van der Waals surface area contributed by atoms with Gasteiger partial charge in [0.15, 0.2) is 0 Å². The Hall–Kier alpha value is -2.73. The minimum Gasteiger partial charge on any atom is -0.496 e. The Bertz CT molecular complexity index is 1260. The van der Waals surface area contributed by atoms with E-state index in [0.717, 1.165) is 5.56 Å². The van der Waals surface area contributed by atoms with Crippen molar-refractivity contribution >= 4 is 52.4 Å². The molecule has 1 heterocycles. The number of anilines is 1. The third-order valence-corrected chi connectivity index (χ3v) is 6.59. The van der Waals surface area contributed by atoms with Gasteiger partial charge < -0.3 is 14.7 Å². The maximum atomic E-state index is 13.9. The minimum atomic E-state index is -1.23. The molecule has 164 valence electrons. The summed E-state index contributed by atoms with van der Waals surface area (Å²) < 4.78 is 5.45. The summed E-state index contributed by atoms with van der Waals surface area (Å²) in [6.07, 6.45) is 0. The summed E-state index contributed by atoms with van der Waals surface area (Å²) in [4.78, 5) is 27.1. The lowest BCUT2D eigenvalue weighted by Gasteiger charge is -2.27. The number of ether oxygens (including phenoxy) is 1. The fourth-order valence-corrected chi connectivity index (χ4v) is 4.76. The molecule has 0 bridgehead atoms. The standard InChI is InChI=1S/C24H18Cl3NO4/c1-24(17-9-13(22(29)30)4-7-19(17)27)18-10-15(25)6-8-20(18)28(23(24)31)12-14-3-5-16(26)11-21(14)32-2/h3-11H,12H2,1-2H3,(H,29,30). The first-order chi connectivity index (χ1) is 15.2. The highest BCUT2D eigenvalue weighted by Crippen LogP contribution is 2.49. The number of rotatable bonds is 5. The number of benzene rings is 3. The summed E-state index contributed by atoms with van der Waals surface area (Å²) in [5, 5.41) is 10.7. The molecule has 1 unspecified atom stereocenters. The first-order valence-corrected chi connectivity index (χ1v) is 10.8. The van der Waals surface area contributed by atoms with Crippen LogP contribution in [0.4, 0.5) is 5.69 Å². The number of methoxy groups -OCH3 is 1. The van der Waals surface area contributed by atoms with E-state index in [9.17, 15) is 14.7 Å². The molecule has 0 saturated carbocycles. The number of carboxylic acids is 1. The lowest BCUT2D eigenvalue weighted by atomic mass is 9.76. The molecule has 4 rings (SSSR count). The van der Waals surface area contributed by atoms with E-state index >= 15 is 0 Å². The van der Waals surface area contributed by atoms with Crippen LogP contribution in [-0.2, 0) is 16.8 Å². The van der Waals surface area contributed by atoms with Gasteiger partial charge in [-0.25, -0.2) is 4.79 Å². The molecule has 32 heavy (non-hydrogen) atoms. The number of hydrogen-bond donors (Lipinski definition) is 1. The molecule has 0 aliphatic carbocycles. The predicted octanol–water partition coefficient (Wildman–Crippen LogP) is 6.21. The molecule has 8 heteroatoms. The van der Waals surface area contributed by atoms with Crippen LogP contribution in [0.25, 0.3) is 0 Å². The van der Waals surface area contributed by atoms with Crippen molar-refractivity contribution in [3.63, 3.8) is 0 Å². The van der Waals surface area contributed by atoms with E-state index in [0.29, 0.717) is 37.6 Å². The van der Waals surface area contributed by atoms with Gasteiger partial charge in [0.2, 0.25) is 5.91 Å². The van der Waals surface area contributed by atoms with Crippen LogP contribution >= 0.6 is 34.8 Å². The van der Waals surface area contributed by atoms with Crippen molar-refractivity contribution in [1.82, 2.24) is 0 Å². The van der Waals surface area contributed by atoms with Gasteiger partial charge in [-0.05, 0) is 66.6 Å². The van der Waals surface area contributed by atoms with Gasteiger partial charge in [0, 0.05) is 26.3 Å². The van der Waals surface area contributed by atoms with Crippen LogP contribution in [0.2, 0.25) is 15.1 Å². The van der Waals surface area contributed by atoms with Crippen molar-refractivity contribution in [2.24, 2.45) is 0 Å². The van der Waals surface area contributed by atoms with Crippen molar-refractivity contribution in [2.45, 2.75) is 18.9 Å². The van der Waals surface area contributed by atoms with Gasteiger partial charge in [-0.3, -0.25) is 4.79 Å². The Morgan fingerprint density at radius 1 is 1.00 bits per heavy atom. The Morgan fingerprint density at radius 2 is 1.69 bits per heavy atom. The summed E-state index contributed by atoms with van der Waals surface area (Å²) in [5.41, 5.74) is 1.28. The highest BCUT2D eigenvalue weighted by atomic mass is 35.5. The molecule has 1 aliphatic heterocycles. The van der Waals surface area contributed by atoms with E-state index in [1.54, 1.807) is 48.2 Å². The SMILES string of the molecule is COc1cc(Cl)ccc1CN1C(=O)C(C)(c2cc(C(=O)O)ccc2Cl)c2cc(Cl)ccc21. The Labute approximate surface area is 200 Å². The third kappa shape index (κ3) is 3.60. The maximum absolute atomic E-state index is 13.9. The molecule has 1 atom stereocenters. The summed E-state index contributed by atoms with van der Waals surface area (Å²) in [5.74, 6) is -0.803. The van der Waals surface area contributed by atoms with Crippen molar-refractivity contribution in [1.29, 1.82) is 0 Å². The normalized spacial score (nSPS) is 17.4. The number of carboxylic acid groups (broad SMARTS) is 1. The van der Waals surface area contributed by atoms with Crippen molar-refractivity contribution < 1.29 is 19.4 Å². The van der Waals surface area contributed by atoms with E-state index in [1.165, 1.54) is 25.3 Å². The first-order valence-electron chi connectivity index (χ1n) is 9.64. The van der Waals surface area contributed by atoms with Crippen LogP contribution in [0.1, 0.15) is 34.0 Å². The molecular weight excluding hydrogens is 473 g/mol. The van der Waals surface area contributed by atoms with E-state index in [1.807, 2.05) is 0 Å². The third-order valence-electron chi connectivity index (χ3n) is 5.79. The molecule has 3 aromatic carbocycles. The molecule has 0 aromatic heterocycles. The number of hydrogen-bond acceptors (Lipinski definition) is 3. The van der Waals surface area contributed by atoms with Gasteiger partial charge in [-0.15, -0.1) is 0 Å². The highest BCUT2D eigenvalue weighted by molar-refractivity contribution is 6.33. The van der Waals surface area contributed by atoms with Gasteiger partial charge >= 0.3 is 5.97 Å². The van der Waals surface area contributed by atoms with E-state index in [-0.39, 0.29) is 18.0 Å². The molecule has 3 aromatic rings. The average Bonchev–Trinajstić information content (AvgIpc) is 2.97. The predicted molar refractivity (Wildman–Crippen MR) is 126 cm³/mol. The number of aromatic carboxylic acids is 1. The smallest absolute Gasteiger partial charge is 0.335 e. The maximum Gasteiger partial charge on any atom is 0.335 e. The van der Waals surface area contributed by atoms with E-state index < -0.39 is 11.4 Å². The van der Waals surface area contributed by atoms with Gasteiger partial charge in [-0.2, -0.15) is 0 Å². The second-order valence-corrected chi connectivity index (χ2v) is 8.91. The fourth-order valence-electron chi connectivity index (χ4n) is 4.12. The Kier molecular flexibility index (Phi) is 5.84. The van der Waals surface area contributed by atoms with Crippen LogP contribution < -0.4 is 9.64 Å². The molecule has 0 fully saturated rings. The summed E-state index contributed by atoms with van der Waals surface area (Å²) in [6.45, 7) is 1.95. The van der Waals surface area contributed by atoms with Crippen LogP contribution in [-0.4, -0.2) is 24.1 Å². The van der Waals surface area contributed by atoms with E-state index in [4.69, 9.17) is 39.5 Å². The lowest BCUT2D eigenvalue weighted by Crippen LogP contribution is -2.39. The molecule has 1 aliphatic rings. The van der Waals surface area contributed by atoms with Crippen molar-refractivity contribution in [2.75, 3.05) is 12.0 Å². The molecule has 0 spiro atoms. The number of nitrogens with zero attached hydrogens (tertiary/aromatic N) is 1. The first kappa shape index (κ1) is 22.5. The number of amides is 1. The molecule has 1 N–H and O–H groups in total. The number of carbonyl (C=O) groups excluding carboxylic acids is 1. The van der Waals surface area contributed by atoms with Gasteiger partial charge in [-0.1, -0.05) is 40.9 Å². The zero-order chi connectivity index (χ0) is 23.2.